The van der Waals surface area contributed by atoms with Gasteiger partial charge in [0.2, 0.25) is 0 Å². The topological polar surface area (TPSA) is 29.5 Å². The van der Waals surface area contributed by atoms with Gasteiger partial charge in [0.25, 0.3) is 0 Å². The molecule has 1 N–H and O–H groups in total. The SMILES string of the molecule is CC(CC1CC(O)c2cc(Cl)ccc2O1)c1ccccc1. The first-order valence-electron chi connectivity index (χ1n) is 7.32. The van der Waals surface area contributed by atoms with Gasteiger partial charge < -0.3 is 9.84 Å². The van der Waals surface area contributed by atoms with Gasteiger partial charge in [-0.1, -0.05) is 48.9 Å². The molecule has 0 radical (unpaired) electrons. The van der Waals surface area contributed by atoms with E-state index in [1.54, 1.807) is 12.1 Å². The van der Waals surface area contributed by atoms with Crippen LogP contribution in [-0.4, -0.2) is 11.2 Å². The molecule has 21 heavy (non-hydrogen) atoms. The predicted octanol–water partition coefficient (Wildman–Crippen LogP) is 4.72. The van der Waals surface area contributed by atoms with Crippen LogP contribution in [0.2, 0.25) is 5.02 Å². The second kappa shape index (κ2) is 6.08. The quantitative estimate of drug-likeness (QED) is 0.889. The molecular weight excluding hydrogens is 284 g/mol. The Morgan fingerprint density at radius 2 is 2.00 bits per heavy atom. The highest BCUT2D eigenvalue weighted by molar-refractivity contribution is 6.30. The highest BCUT2D eigenvalue weighted by atomic mass is 35.5. The number of aliphatic hydroxyl groups is 1. The van der Waals surface area contributed by atoms with Crippen LogP contribution in [0.4, 0.5) is 0 Å². The lowest BCUT2D eigenvalue weighted by Gasteiger charge is -2.31. The van der Waals surface area contributed by atoms with E-state index in [1.807, 2.05) is 12.1 Å². The van der Waals surface area contributed by atoms with Gasteiger partial charge in [-0.15, -0.1) is 0 Å². The summed E-state index contributed by atoms with van der Waals surface area (Å²) in [7, 11) is 0. The van der Waals surface area contributed by atoms with Gasteiger partial charge in [0, 0.05) is 17.0 Å². The van der Waals surface area contributed by atoms with Crippen molar-refractivity contribution in [1.82, 2.24) is 0 Å². The molecule has 0 spiro atoms. The van der Waals surface area contributed by atoms with Gasteiger partial charge in [0.05, 0.1) is 6.10 Å². The molecule has 2 aromatic carbocycles. The van der Waals surface area contributed by atoms with Crippen LogP contribution in [0.3, 0.4) is 0 Å². The molecule has 3 heteroatoms. The molecule has 0 amide bonds. The van der Waals surface area contributed by atoms with Gasteiger partial charge in [-0.2, -0.15) is 0 Å². The molecule has 3 atom stereocenters. The minimum atomic E-state index is -0.500. The summed E-state index contributed by atoms with van der Waals surface area (Å²) >= 11 is 5.98. The van der Waals surface area contributed by atoms with E-state index in [1.165, 1.54) is 5.56 Å². The zero-order chi connectivity index (χ0) is 14.8. The lowest BCUT2D eigenvalue weighted by molar-refractivity contribution is 0.0589. The summed E-state index contributed by atoms with van der Waals surface area (Å²) in [5.41, 5.74) is 2.10. The Morgan fingerprint density at radius 1 is 1.24 bits per heavy atom. The van der Waals surface area contributed by atoms with Gasteiger partial charge in [-0.05, 0) is 36.1 Å². The third kappa shape index (κ3) is 3.22. The zero-order valence-electron chi connectivity index (χ0n) is 12.0. The maximum atomic E-state index is 10.3. The summed E-state index contributed by atoms with van der Waals surface area (Å²) in [6.45, 7) is 2.20. The monoisotopic (exact) mass is 302 g/mol. The van der Waals surface area contributed by atoms with Crippen LogP contribution in [0.25, 0.3) is 0 Å². The summed E-state index contributed by atoms with van der Waals surface area (Å²) in [5, 5.41) is 10.9. The number of hydrogen-bond donors (Lipinski definition) is 1. The summed E-state index contributed by atoms with van der Waals surface area (Å²) < 4.78 is 6.03. The van der Waals surface area contributed by atoms with Crippen LogP contribution in [-0.2, 0) is 0 Å². The normalized spacial score (nSPS) is 22.2. The van der Waals surface area contributed by atoms with E-state index < -0.39 is 6.10 Å². The number of halogens is 1. The molecule has 2 nitrogen and oxygen atoms in total. The number of aliphatic hydroxyl groups excluding tert-OH is 1. The number of rotatable bonds is 3. The second-order valence-corrected chi connectivity index (χ2v) is 6.16. The maximum absolute atomic E-state index is 10.3. The average Bonchev–Trinajstić information content (AvgIpc) is 2.49. The molecule has 1 aliphatic heterocycles. The number of fused-ring (bicyclic) bond motifs is 1. The molecule has 3 unspecified atom stereocenters. The Hall–Kier alpha value is -1.51. The van der Waals surface area contributed by atoms with Crippen LogP contribution in [0.5, 0.6) is 5.75 Å². The largest absolute Gasteiger partial charge is 0.490 e. The Balaban J connectivity index is 1.73. The molecule has 1 aliphatic rings. The first-order chi connectivity index (χ1) is 10.1. The summed E-state index contributed by atoms with van der Waals surface area (Å²) in [6, 6.07) is 15.8. The summed E-state index contributed by atoms with van der Waals surface area (Å²) in [5.74, 6) is 1.15. The van der Waals surface area contributed by atoms with Crippen molar-refractivity contribution < 1.29 is 9.84 Å². The van der Waals surface area contributed by atoms with E-state index in [4.69, 9.17) is 16.3 Å². The maximum Gasteiger partial charge on any atom is 0.125 e. The van der Waals surface area contributed by atoms with Crippen molar-refractivity contribution in [2.75, 3.05) is 0 Å². The standard InChI is InChI=1S/C18H19ClO2/c1-12(13-5-3-2-4-6-13)9-15-11-17(20)16-10-14(19)7-8-18(16)21-15/h2-8,10,12,15,17,20H,9,11H2,1H3. The third-order valence-corrected chi connectivity index (χ3v) is 4.33. The Bertz CT molecular complexity index is 612. The minimum absolute atomic E-state index is 0.0314. The predicted molar refractivity (Wildman–Crippen MR) is 84.9 cm³/mol. The van der Waals surface area contributed by atoms with Gasteiger partial charge in [-0.3, -0.25) is 0 Å². The van der Waals surface area contributed by atoms with Gasteiger partial charge in [0.1, 0.15) is 11.9 Å². The molecule has 0 fully saturated rings. The van der Waals surface area contributed by atoms with Crippen LogP contribution >= 0.6 is 11.6 Å². The smallest absolute Gasteiger partial charge is 0.125 e. The average molecular weight is 303 g/mol. The molecule has 2 aromatic rings. The van der Waals surface area contributed by atoms with Crippen LogP contribution in [0.15, 0.2) is 48.5 Å². The van der Waals surface area contributed by atoms with Crippen LogP contribution < -0.4 is 4.74 Å². The first-order valence-corrected chi connectivity index (χ1v) is 7.70. The van der Waals surface area contributed by atoms with E-state index >= 15 is 0 Å². The Kier molecular flexibility index (Phi) is 4.18. The Labute approximate surface area is 130 Å². The lowest BCUT2D eigenvalue weighted by Crippen LogP contribution is -2.27. The number of ether oxygens (including phenoxy) is 1. The molecule has 0 saturated carbocycles. The van der Waals surface area contributed by atoms with Crippen molar-refractivity contribution >= 4 is 11.6 Å². The molecule has 0 saturated heterocycles. The minimum Gasteiger partial charge on any atom is -0.490 e. The molecule has 3 rings (SSSR count). The zero-order valence-corrected chi connectivity index (χ0v) is 12.8. The van der Waals surface area contributed by atoms with Crippen molar-refractivity contribution in [2.45, 2.75) is 37.9 Å². The van der Waals surface area contributed by atoms with E-state index in [9.17, 15) is 5.11 Å². The van der Waals surface area contributed by atoms with E-state index in [0.717, 1.165) is 17.7 Å². The fourth-order valence-electron chi connectivity index (χ4n) is 2.95. The Morgan fingerprint density at radius 3 is 2.76 bits per heavy atom. The van der Waals surface area contributed by atoms with Crippen molar-refractivity contribution in [2.24, 2.45) is 0 Å². The second-order valence-electron chi connectivity index (χ2n) is 5.72. The molecule has 0 bridgehead atoms. The lowest BCUT2D eigenvalue weighted by atomic mass is 9.90. The van der Waals surface area contributed by atoms with Crippen LogP contribution in [0.1, 0.15) is 42.9 Å². The summed E-state index contributed by atoms with van der Waals surface area (Å²) in [6.07, 6.45) is 1.04. The van der Waals surface area contributed by atoms with Gasteiger partial charge >= 0.3 is 0 Å². The van der Waals surface area contributed by atoms with E-state index in [-0.39, 0.29) is 6.10 Å². The van der Waals surface area contributed by atoms with Crippen molar-refractivity contribution in [1.29, 1.82) is 0 Å². The van der Waals surface area contributed by atoms with E-state index in [2.05, 4.69) is 31.2 Å². The van der Waals surface area contributed by atoms with Crippen molar-refractivity contribution in [3.05, 3.63) is 64.7 Å². The molecule has 0 aliphatic carbocycles. The fraction of sp³-hybridized carbons (Fsp3) is 0.333. The van der Waals surface area contributed by atoms with Crippen molar-refractivity contribution in [3.8, 4) is 5.75 Å². The highest BCUT2D eigenvalue weighted by Crippen LogP contribution is 2.38. The first kappa shape index (κ1) is 14.4. The van der Waals surface area contributed by atoms with Gasteiger partial charge in [0.15, 0.2) is 0 Å². The fourth-order valence-corrected chi connectivity index (χ4v) is 3.13. The molecular formula is C18H19ClO2. The number of benzene rings is 2. The third-order valence-electron chi connectivity index (χ3n) is 4.10. The van der Waals surface area contributed by atoms with Crippen LogP contribution in [0, 0.1) is 0 Å². The van der Waals surface area contributed by atoms with E-state index in [0.29, 0.717) is 17.4 Å². The summed E-state index contributed by atoms with van der Waals surface area (Å²) in [4.78, 5) is 0. The van der Waals surface area contributed by atoms with Crippen molar-refractivity contribution in [3.63, 3.8) is 0 Å². The van der Waals surface area contributed by atoms with Gasteiger partial charge in [-0.25, -0.2) is 0 Å². The highest BCUT2D eigenvalue weighted by Gasteiger charge is 2.28. The number of hydrogen-bond acceptors (Lipinski definition) is 2. The molecule has 0 aromatic heterocycles. The molecule has 1 heterocycles. The molecule has 110 valence electrons.